The van der Waals surface area contributed by atoms with Crippen molar-refractivity contribution in [1.29, 1.82) is 0 Å². The van der Waals surface area contributed by atoms with E-state index in [2.05, 4.69) is 39.2 Å². The molecule has 0 aliphatic rings. The van der Waals surface area contributed by atoms with Crippen LogP contribution in [0.3, 0.4) is 0 Å². The number of primary amides is 1. The SMILES string of the molecule is CCCCN(CC(N)=O)Cc1cc(Br)cs1. The number of hydrogen-bond donors (Lipinski definition) is 1. The van der Waals surface area contributed by atoms with E-state index in [1.807, 2.05) is 0 Å². The minimum absolute atomic E-state index is 0.258. The molecule has 0 saturated heterocycles. The number of hydrogen-bond acceptors (Lipinski definition) is 3. The van der Waals surface area contributed by atoms with Crippen LogP contribution in [0.4, 0.5) is 0 Å². The summed E-state index contributed by atoms with van der Waals surface area (Å²) < 4.78 is 1.10. The number of halogens is 1. The maximum absolute atomic E-state index is 10.9. The number of unbranched alkanes of at least 4 members (excludes halogenated alkanes) is 1. The van der Waals surface area contributed by atoms with E-state index >= 15 is 0 Å². The quantitative estimate of drug-likeness (QED) is 0.841. The van der Waals surface area contributed by atoms with Crippen LogP contribution in [0.2, 0.25) is 0 Å². The van der Waals surface area contributed by atoms with Crippen LogP contribution < -0.4 is 5.73 Å². The zero-order valence-corrected chi connectivity index (χ0v) is 11.8. The molecule has 3 nitrogen and oxygen atoms in total. The minimum atomic E-state index is -0.258. The summed E-state index contributed by atoms with van der Waals surface area (Å²) in [5.41, 5.74) is 5.24. The molecule has 0 saturated carbocycles. The number of amides is 1. The molecule has 0 aliphatic carbocycles. The Balaban J connectivity index is 2.51. The molecular weight excluding hydrogens is 288 g/mol. The van der Waals surface area contributed by atoms with Gasteiger partial charge in [-0.25, -0.2) is 0 Å². The van der Waals surface area contributed by atoms with Gasteiger partial charge in [0.25, 0.3) is 0 Å². The first kappa shape index (κ1) is 13.7. The molecule has 1 amide bonds. The molecule has 1 heterocycles. The fraction of sp³-hybridized carbons (Fsp3) is 0.545. The van der Waals surface area contributed by atoms with Crippen molar-refractivity contribution in [1.82, 2.24) is 4.90 Å². The standard InChI is InChI=1S/C11H17BrN2OS/c1-2-3-4-14(7-11(13)15)6-10-5-9(12)8-16-10/h5,8H,2-4,6-7H2,1H3,(H2,13,15). The van der Waals surface area contributed by atoms with Crippen LogP contribution in [0.25, 0.3) is 0 Å². The summed E-state index contributed by atoms with van der Waals surface area (Å²) in [5.74, 6) is -0.258. The number of rotatable bonds is 7. The lowest BCUT2D eigenvalue weighted by atomic mass is 10.3. The summed E-state index contributed by atoms with van der Waals surface area (Å²) in [6.45, 7) is 4.22. The molecule has 5 heteroatoms. The second-order valence-electron chi connectivity index (χ2n) is 3.76. The summed E-state index contributed by atoms with van der Waals surface area (Å²) in [6, 6.07) is 2.09. The lowest BCUT2D eigenvalue weighted by molar-refractivity contribution is -0.119. The highest BCUT2D eigenvalue weighted by Gasteiger charge is 2.09. The highest BCUT2D eigenvalue weighted by molar-refractivity contribution is 9.10. The lowest BCUT2D eigenvalue weighted by Gasteiger charge is -2.19. The molecule has 0 bridgehead atoms. The molecule has 0 atom stereocenters. The van der Waals surface area contributed by atoms with E-state index in [0.29, 0.717) is 6.54 Å². The molecule has 1 rings (SSSR count). The fourth-order valence-electron chi connectivity index (χ4n) is 1.47. The van der Waals surface area contributed by atoms with Gasteiger partial charge in [0, 0.05) is 21.3 Å². The van der Waals surface area contributed by atoms with Gasteiger partial charge in [0.15, 0.2) is 0 Å². The number of nitrogens with zero attached hydrogens (tertiary/aromatic N) is 1. The van der Waals surface area contributed by atoms with Gasteiger partial charge in [-0.15, -0.1) is 11.3 Å². The van der Waals surface area contributed by atoms with Crippen molar-refractivity contribution in [3.63, 3.8) is 0 Å². The van der Waals surface area contributed by atoms with Crippen LogP contribution in [0.5, 0.6) is 0 Å². The van der Waals surface area contributed by atoms with Gasteiger partial charge in [-0.2, -0.15) is 0 Å². The zero-order valence-electron chi connectivity index (χ0n) is 9.41. The van der Waals surface area contributed by atoms with Crippen LogP contribution in [0.15, 0.2) is 15.9 Å². The van der Waals surface area contributed by atoms with Gasteiger partial charge >= 0.3 is 0 Å². The maximum atomic E-state index is 10.9. The van der Waals surface area contributed by atoms with Crippen molar-refractivity contribution < 1.29 is 4.79 Å². The minimum Gasteiger partial charge on any atom is -0.369 e. The molecule has 1 aromatic heterocycles. The van der Waals surface area contributed by atoms with Crippen LogP contribution in [-0.4, -0.2) is 23.9 Å². The summed E-state index contributed by atoms with van der Waals surface area (Å²) in [7, 11) is 0. The number of thiophene rings is 1. The predicted octanol–water partition coefficient (Wildman–Crippen LogP) is 2.60. The molecule has 1 aromatic rings. The Morgan fingerprint density at radius 3 is 2.88 bits per heavy atom. The molecule has 90 valence electrons. The van der Waals surface area contributed by atoms with Gasteiger partial charge < -0.3 is 5.73 Å². The summed E-state index contributed by atoms with van der Waals surface area (Å²) in [6.07, 6.45) is 2.23. The first-order valence-corrected chi connectivity index (χ1v) is 7.02. The van der Waals surface area contributed by atoms with Gasteiger partial charge in [-0.1, -0.05) is 13.3 Å². The van der Waals surface area contributed by atoms with Gasteiger partial charge in [0.05, 0.1) is 6.54 Å². The first-order valence-electron chi connectivity index (χ1n) is 5.35. The summed E-state index contributed by atoms with van der Waals surface area (Å²) in [5, 5.41) is 2.05. The van der Waals surface area contributed by atoms with E-state index in [1.54, 1.807) is 11.3 Å². The number of carbonyl (C=O) groups excluding carboxylic acids is 1. The third kappa shape index (κ3) is 5.09. The van der Waals surface area contributed by atoms with E-state index in [9.17, 15) is 4.79 Å². The van der Waals surface area contributed by atoms with E-state index in [4.69, 9.17) is 5.73 Å². The Labute approximate surface area is 109 Å². The monoisotopic (exact) mass is 304 g/mol. The van der Waals surface area contributed by atoms with Crippen molar-refractivity contribution in [3.8, 4) is 0 Å². The Kier molecular flexibility index (Phi) is 6.01. The van der Waals surface area contributed by atoms with Crippen LogP contribution >= 0.6 is 27.3 Å². The Hall–Kier alpha value is -0.390. The van der Waals surface area contributed by atoms with Crippen molar-refractivity contribution in [2.24, 2.45) is 5.73 Å². The Morgan fingerprint density at radius 1 is 1.62 bits per heavy atom. The topological polar surface area (TPSA) is 46.3 Å². The molecule has 2 N–H and O–H groups in total. The van der Waals surface area contributed by atoms with Crippen molar-refractivity contribution >= 4 is 33.2 Å². The Bertz CT molecular complexity index is 340. The number of nitrogens with two attached hydrogens (primary N) is 1. The molecule has 0 aromatic carbocycles. The summed E-state index contributed by atoms with van der Waals surface area (Å²) in [4.78, 5) is 14.3. The average Bonchev–Trinajstić information content (AvgIpc) is 2.59. The van der Waals surface area contributed by atoms with E-state index in [1.165, 1.54) is 4.88 Å². The first-order chi connectivity index (χ1) is 7.61. The summed E-state index contributed by atoms with van der Waals surface area (Å²) >= 11 is 5.12. The molecule has 0 spiro atoms. The van der Waals surface area contributed by atoms with Crippen LogP contribution in [-0.2, 0) is 11.3 Å². The van der Waals surface area contributed by atoms with Gasteiger partial charge in [-0.3, -0.25) is 9.69 Å². The van der Waals surface area contributed by atoms with E-state index in [0.717, 1.165) is 30.4 Å². The number of carbonyl (C=O) groups is 1. The smallest absolute Gasteiger partial charge is 0.231 e. The second kappa shape index (κ2) is 7.04. The fourth-order valence-corrected chi connectivity index (χ4v) is 2.97. The Morgan fingerprint density at radius 2 is 2.38 bits per heavy atom. The third-order valence-electron chi connectivity index (χ3n) is 2.21. The zero-order chi connectivity index (χ0) is 12.0. The lowest BCUT2D eigenvalue weighted by Crippen LogP contribution is -2.33. The maximum Gasteiger partial charge on any atom is 0.231 e. The normalized spacial score (nSPS) is 10.9. The molecule has 0 aliphatic heterocycles. The molecular formula is C11H17BrN2OS. The molecule has 16 heavy (non-hydrogen) atoms. The van der Waals surface area contributed by atoms with Crippen molar-refractivity contribution in [2.45, 2.75) is 26.3 Å². The third-order valence-corrected chi connectivity index (χ3v) is 3.89. The molecule has 0 radical (unpaired) electrons. The van der Waals surface area contributed by atoms with Crippen molar-refractivity contribution in [3.05, 3.63) is 20.8 Å². The van der Waals surface area contributed by atoms with Gasteiger partial charge in [-0.05, 0) is 35.0 Å². The molecule has 0 fully saturated rings. The van der Waals surface area contributed by atoms with E-state index in [-0.39, 0.29) is 5.91 Å². The van der Waals surface area contributed by atoms with E-state index < -0.39 is 0 Å². The predicted molar refractivity (Wildman–Crippen MR) is 71.4 cm³/mol. The van der Waals surface area contributed by atoms with Crippen LogP contribution in [0.1, 0.15) is 24.6 Å². The highest BCUT2D eigenvalue weighted by atomic mass is 79.9. The average molecular weight is 305 g/mol. The van der Waals surface area contributed by atoms with Gasteiger partial charge in [0.2, 0.25) is 5.91 Å². The van der Waals surface area contributed by atoms with Crippen LogP contribution in [0, 0.1) is 0 Å². The largest absolute Gasteiger partial charge is 0.369 e. The second-order valence-corrected chi connectivity index (χ2v) is 5.67. The van der Waals surface area contributed by atoms with Crippen molar-refractivity contribution in [2.75, 3.05) is 13.1 Å². The molecule has 0 unspecified atom stereocenters. The van der Waals surface area contributed by atoms with Gasteiger partial charge in [0.1, 0.15) is 0 Å². The highest BCUT2D eigenvalue weighted by Crippen LogP contribution is 2.21.